The van der Waals surface area contributed by atoms with Gasteiger partial charge in [-0.1, -0.05) is 25.7 Å². The number of aliphatic hydroxyl groups is 1. The Morgan fingerprint density at radius 3 is 2.55 bits per heavy atom. The fraction of sp³-hybridized carbons (Fsp3) is 0.867. The van der Waals surface area contributed by atoms with Crippen LogP contribution in [-0.2, 0) is 9.59 Å². The van der Waals surface area contributed by atoms with Gasteiger partial charge in [0.2, 0.25) is 11.8 Å². The molecule has 0 spiro atoms. The molecule has 114 valence electrons. The lowest BCUT2D eigenvalue weighted by molar-refractivity contribution is -0.136. The molecule has 2 rings (SSSR count). The molecule has 0 aromatic heterocycles. The zero-order valence-corrected chi connectivity index (χ0v) is 12.2. The molecule has 5 nitrogen and oxygen atoms in total. The number of carbonyl (C=O) groups excluding carboxylic acids is 2. The highest BCUT2D eigenvalue weighted by Gasteiger charge is 2.33. The summed E-state index contributed by atoms with van der Waals surface area (Å²) in [6, 6.07) is 0. The molecule has 0 aromatic rings. The number of nitrogens with one attached hydrogen (secondary N) is 1. The molecular formula is C15H26N2O3. The van der Waals surface area contributed by atoms with Gasteiger partial charge in [-0.15, -0.1) is 0 Å². The zero-order chi connectivity index (χ0) is 14.4. The third kappa shape index (κ3) is 3.95. The van der Waals surface area contributed by atoms with Crippen molar-refractivity contribution in [3.63, 3.8) is 0 Å². The van der Waals surface area contributed by atoms with Gasteiger partial charge in [0.05, 0.1) is 18.7 Å². The maximum atomic E-state index is 12.2. The summed E-state index contributed by atoms with van der Waals surface area (Å²) >= 11 is 0. The maximum Gasteiger partial charge on any atom is 0.240 e. The van der Waals surface area contributed by atoms with Gasteiger partial charge in [-0.05, 0) is 25.7 Å². The minimum absolute atomic E-state index is 0.00726. The molecule has 1 saturated heterocycles. The van der Waals surface area contributed by atoms with Gasteiger partial charge in [0.1, 0.15) is 0 Å². The van der Waals surface area contributed by atoms with Crippen molar-refractivity contribution < 1.29 is 14.7 Å². The van der Waals surface area contributed by atoms with Crippen LogP contribution in [0, 0.1) is 0 Å². The predicted octanol–water partition coefficient (Wildman–Crippen LogP) is 1.20. The Morgan fingerprint density at radius 2 is 1.85 bits per heavy atom. The van der Waals surface area contributed by atoms with Crippen LogP contribution in [0.2, 0.25) is 0 Å². The molecule has 20 heavy (non-hydrogen) atoms. The Hall–Kier alpha value is -1.10. The number of carbonyl (C=O) groups is 2. The third-order valence-corrected chi connectivity index (χ3v) is 4.52. The van der Waals surface area contributed by atoms with Gasteiger partial charge in [0.25, 0.3) is 0 Å². The molecule has 1 heterocycles. The minimum atomic E-state index is -0.454. The molecule has 1 aliphatic heterocycles. The summed E-state index contributed by atoms with van der Waals surface area (Å²) in [5.74, 6) is -0.0458. The number of rotatable bonds is 4. The monoisotopic (exact) mass is 282 g/mol. The summed E-state index contributed by atoms with van der Waals surface area (Å²) in [6.45, 7) is 0.811. The third-order valence-electron chi connectivity index (χ3n) is 4.52. The SMILES string of the molecule is O=C(CN1CCCCCC1=O)NC1(CO)CCCCC1. The smallest absolute Gasteiger partial charge is 0.240 e. The summed E-state index contributed by atoms with van der Waals surface area (Å²) in [5.41, 5.74) is -0.454. The van der Waals surface area contributed by atoms with Crippen molar-refractivity contribution >= 4 is 11.8 Å². The van der Waals surface area contributed by atoms with E-state index in [9.17, 15) is 14.7 Å². The van der Waals surface area contributed by atoms with Gasteiger partial charge in [0, 0.05) is 13.0 Å². The molecule has 0 atom stereocenters. The van der Waals surface area contributed by atoms with Crippen LogP contribution in [-0.4, -0.2) is 47.1 Å². The maximum absolute atomic E-state index is 12.2. The van der Waals surface area contributed by atoms with Crippen LogP contribution in [0.25, 0.3) is 0 Å². The highest BCUT2D eigenvalue weighted by atomic mass is 16.3. The fourth-order valence-electron chi connectivity index (χ4n) is 3.27. The quantitative estimate of drug-likeness (QED) is 0.814. The number of aliphatic hydroxyl groups excluding tert-OH is 1. The molecule has 0 radical (unpaired) electrons. The highest BCUT2D eigenvalue weighted by molar-refractivity contribution is 5.85. The largest absolute Gasteiger partial charge is 0.394 e. The summed E-state index contributed by atoms with van der Waals surface area (Å²) in [6.07, 6.45) is 8.45. The van der Waals surface area contributed by atoms with E-state index in [0.717, 1.165) is 44.9 Å². The number of hydrogen-bond acceptors (Lipinski definition) is 3. The van der Waals surface area contributed by atoms with E-state index in [1.54, 1.807) is 4.90 Å². The molecule has 2 aliphatic rings. The molecule has 0 bridgehead atoms. The van der Waals surface area contributed by atoms with E-state index in [0.29, 0.717) is 13.0 Å². The summed E-state index contributed by atoms with van der Waals surface area (Å²) in [7, 11) is 0. The van der Waals surface area contributed by atoms with Crippen molar-refractivity contribution in [2.45, 2.75) is 63.3 Å². The topological polar surface area (TPSA) is 69.6 Å². The molecule has 2 N–H and O–H groups in total. The second-order valence-electron chi connectivity index (χ2n) is 6.17. The lowest BCUT2D eigenvalue weighted by Gasteiger charge is -2.37. The van der Waals surface area contributed by atoms with Crippen LogP contribution in [0.4, 0.5) is 0 Å². The first kappa shape index (κ1) is 15.3. The van der Waals surface area contributed by atoms with Crippen molar-refractivity contribution in [2.75, 3.05) is 19.7 Å². The van der Waals surface area contributed by atoms with Crippen LogP contribution in [0.3, 0.4) is 0 Å². The van der Waals surface area contributed by atoms with Crippen molar-refractivity contribution in [1.29, 1.82) is 0 Å². The van der Waals surface area contributed by atoms with E-state index in [-0.39, 0.29) is 25.0 Å². The Labute approximate surface area is 120 Å². The van der Waals surface area contributed by atoms with E-state index in [4.69, 9.17) is 0 Å². The van der Waals surface area contributed by atoms with Gasteiger partial charge in [-0.3, -0.25) is 9.59 Å². The van der Waals surface area contributed by atoms with Gasteiger partial charge < -0.3 is 15.3 Å². The molecule has 1 saturated carbocycles. The molecule has 5 heteroatoms. The number of nitrogens with zero attached hydrogens (tertiary/aromatic N) is 1. The first-order valence-electron chi connectivity index (χ1n) is 7.85. The van der Waals surface area contributed by atoms with Crippen LogP contribution in [0.15, 0.2) is 0 Å². The summed E-state index contributed by atoms with van der Waals surface area (Å²) < 4.78 is 0. The number of hydrogen-bond donors (Lipinski definition) is 2. The lowest BCUT2D eigenvalue weighted by Crippen LogP contribution is -2.55. The average molecular weight is 282 g/mol. The standard InChI is InChI=1S/C15H26N2O3/c18-12-15(8-4-2-5-9-15)16-13(19)11-17-10-6-1-3-7-14(17)20/h18H,1-12H2,(H,16,19). The van der Waals surface area contributed by atoms with E-state index >= 15 is 0 Å². The van der Waals surface area contributed by atoms with Crippen molar-refractivity contribution in [1.82, 2.24) is 10.2 Å². The Kier molecular flexibility index (Phi) is 5.40. The highest BCUT2D eigenvalue weighted by Crippen LogP contribution is 2.27. The molecule has 2 fully saturated rings. The minimum Gasteiger partial charge on any atom is -0.394 e. The molecular weight excluding hydrogens is 256 g/mol. The Bertz CT molecular complexity index is 351. The second kappa shape index (κ2) is 7.07. The predicted molar refractivity (Wildman–Crippen MR) is 76.1 cm³/mol. The van der Waals surface area contributed by atoms with Gasteiger partial charge >= 0.3 is 0 Å². The van der Waals surface area contributed by atoms with Crippen molar-refractivity contribution in [3.8, 4) is 0 Å². The molecule has 1 aliphatic carbocycles. The first-order valence-corrected chi connectivity index (χ1v) is 7.85. The molecule has 0 unspecified atom stereocenters. The van der Waals surface area contributed by atoms with Crippen LogP contribution in [0.5, 0.6) is 0 Å². The number of amides is 2. The zero-order valence-electron chi connectivity index (χ0n) is 12.2. The second-order valence-corrected chi connectivity index (χ2v) is 6.17. The van der Waals surface area contributed by atoms with Crippen LogP contribution >= 0.6 is 0 Å². The van der Waals surface area contributed by atoms with Gasteiger partial charge in [0.15, 0.2) is 0 Å². The van der Waals surface area contributed by atoms with Crippen molar-refractivity contribution in [3.05, 3.63) is 0 Å². The van der Waals surface area contributed by atoms with Gasteiger partial charge in [-0.2, -0.15) is 0 Å². The molecule has 2 amide bonds. The normalized spacial score (nSPS) is 23.2. The van der Waals surface area contributed by atoms with E-state index in [1.807, 2.05) is 0 Å². The van der Waals surface area contributed by atoms with Crippen molar-refractivity contribution in [2.24, 2.45) is 0 Å². The Morgan fingerprint density at radius 1 is 1.15 bits per heavy atom. The van der Waals surface area contributed by atoms with E-state index < -0.39 is 5.54 Å². The molecule has 0 aromatic carbocycles. The van der Waals surface area contributed by atoms with E-state index in [2.05, 4.69) is 5.32 Å². The average Bonchev–Trinajstić information content (AvgIpc) is 2.65. The van der Waals surface area contributed by atoms with Gasteiger partial charge in [-0.25, -0.2) is 0 Å². The Balaban J connectivity index is 1.88. The van der Waals surface area contributed by atoms with E-state index in [1.165, 1.54) is 6.42 Å². The summed E-state index contributed by atoms with van der Waals surface area (Å²) in [5, 5.41) is 12.6. The summed E-state index contributed by atoms with van der Waals surface area (Å²) in [4.78, 5) is 25.7. The first-order chi connectivity index (χ1) is 9.65. The lowest BCUT2D eigenvalue weighted by atomic mass is 9.82. The van der Waals surface area contributed by atoms with Crippen LogP contribution < -0.4 is 5.32 Å². The fourth-order valence-corrected chi connectivity index (χ4v) is 3.27. The number of likely N-dealkylation sites (tertiary alicyclic amines) is 1. The van der Waals surface area contributed by atoms with Crippen LogP contribution in [0.1, 0.15) is 57.8 Å².